The van der Waals surface area contributed by atoms with Gasteiger partial charge in [0.05, 0.1) is 17.9 Å². The van der Waals surface area contributed by atoms with Crippen LogP contribution in [0.5, 0.6) is 0 Å². The molecule has 0 aromatic carbocycles. The number of anilines is 1. The number of likely N-dealkylation sites (tertiary alicyclic amines) is 1. The zero-order valence-corrected chi connectivity index (χ0v) is 20.0. The van der Waals surface area contributed by atoms with E-state index >= 15 is 0 Å². The number of alkyl halides is 3. The van der Waals surface area contributed by atoms with Crippen molar-refractivity contribution in [2.24, 2.45) is 10.9 Å². The van der Waals surface area contributed by atoms with E-state index in [2.05, 4.69) is 42.0 Å². The molecule has 7 nitrogen and oxygen atoms in total. The molecule has 1 saturated heterocycles. The van der Waals surface area contributed by atoms with Crippen LogP contribution in [0.1, 0.15) is 31.4 Å². The summed E-state index contributed by atoms with van der Waals surface area (Å²) in [4.78, 5) is 14.6. The number of nitrogens with zero attached hydrogens (tertiary/aromatic N) is 5. The Morgan fingerprint density at radius 1 is 1.29 bits per heavy atom. The summed E-state index contributed by atoms with van der Waals surface area (Å²) >= 11 is 0. The van der Waals surface area contributed by atoms with E-state index in [4.69, 9.17) is 0 Å². The smallest absolute Gasteiger partial charge is 0.370 e. The van der Waals surface area contributed by atoms with Crippen LogP contribution in [0.3, 0.4) is 0 Å². The lowest BCUT2D eigenvalue weighted by Crippen LogP contribution is -2.49. The molecule has 2 aromatic heterocycles. The Morgan fingerprint density at radius 3 is 2.71 bits per heavy atom. The van der Waals surface area contributed by atoms with Gasteiger partial charge in [-0.05, 0) is 30.9 Å². The number of halogens is 4. The van der Waals surface area contributed by atoms with Crippen molar-refractivity contribution < 1.29 is 13.2 Å². The summed E-state index contributed by atoms with van der Waals surface area (Å²) < 4.78 is 39.9. The van der Waals surface area contributed by atoms with Gasteiger partial charge in [-0.25, -0.2) is 9.97 Å². The predicted molar refractivity (Wildman–Crippen MR) is 126 cm³/mol. The van der Waals surface area contributed by atoms with Crippen molar-refractivity contribution in [1.29, 1.82) is 0 Å². The maximum atomic E-state index is 12.6. The summed E-state index contributed by atoms with van der Waals surface area (Å²) in [6.45, 7) is 5.36. The third-order valence-corrected chi connectivity index (χ3v) is 5.37. The lowest BCUT2D eigenvalue weighted by Gasteiger charge is -2.39. The molecular weight excluding hydrogens is 522 g/mol. The Labute approximate surface area is 197 Å². The van der Waals surface area contributed by atoms with Gasteiger partial charge in [-0.1, -0.05) is 6.92 Å². The molecule has 1 aliphatic rings. The van der Waals surface area contributed by atoms with Crippen LogP contribution in [-0.4, -0.2) is 58.6 Å². The highest BCUT2D eigenvalue weighted by Crippen LogP contribution is 2.29. The van der Waals surface area contributed by atoms with Crippen LogP contribution in [0, 0.1) is 5.92 Å². The van der Waals surface area contributed by atoms with Gasteiger partial charge in [-0.2, -0.15) is 13.2 Å². The minimum atomic E-state index is -4.37. The highest BCUT2D eigenvalue weighted by molar-refractivity contribution is 14.0. The molecule has 0 saturated carbocycles. The Balaban J connectivity index is 0.00000341. The van der Waals surface area contributed by atoms with E-state index in [0.29, 0.717) is 30.9 Å². The Morgan fingerprint density at radius 2 is 2.10 bits per heavy atom. The highest BCUT2D eigenvalue weighted by atomic mass is 127. The molecule has 2 unspecified atom stereocenters. The summed E-state index contributed by atoms with van der Waals surface area (Å²) in [5, 5.41) is 6.42. The average molecular weight is 551 g/mol. The predicted octanol–water partition coefficient (Wildman–Crippen LogP) is 3.88. The molecule has 11 heteroatoms. The molecule has 0 aliphatic carbocycles. The monoisotopic (exact) mass is 551 g/mol. The molecule has 3 rings (SSSR count). The molecular formula is C20H29F3IN7. The fourth-order valence-electron chi connectivity index (χ4n) is 3.60. The molecule has 2 N–H and O–H groups in total. The van der Waals surface area contributed by atoms with E-state index in [0.717, 1.165) is 44.2 Å². The third kappa shape index (κ3) is 6.97. The van der Waals surface area contributed by atoms with Crippen molar-refractivity contribution in [1.82, 2.24) is 24.8 Å². The Kier molecular flexibility index (Phi) is 9.38. The molecule has 31 heavy (non-hydrogen) atoms. The number of guanidine groups is 1. The molecule has 0 amide bonds. The van der Waals surface area contributed by atoms with Gasteiger partial charge in [0, 0.05) is 51.8 Å². The largest absolute Gasteiger partial charge is 0.417 e. The number of aliphatic imine (C=N–C) groups is 1. The summed E-state index contributed by atoms with van der Waals surface area (Å²) in [5.41, 5.74) is -0.747. The second-order valence-corrected chi connectivity index (χ2v) is 7.47. The maximum Gasteiger partial charge on any atom is 0.417 e. The second kappa shape index (κ2) is 11.5. The van der Waals surface area contributed by atoms with Crippen molar-refractivity contribution in [2.45, 2.75) is 32.0 Å². The van der Waals surface area contributed by atoms with Crippen LogP contribution in [0.25, 0.3) is 0 Å². The number of pyridine rings is 1. The van der Waals surface area contributed by atoms with Crippen LogP contribution in [-0.2, 0) is 6.18 Å². The summed E-state index contributed by atoms with van der Waals surface area (Å²) in [6.07, 6.45) is 3.99. The van der Waals surface area contributed by atoms with E-state index in [1.165, 1.54) is 6.07 Å². The van der Waals surface area contributed by atoms with Crippen LogP contribution >= 0.6 is 24.0 Å². The lowest BCUT2D eigenvalue weighted by molar-refractivity contribution is -0.137. The lowest BCUT2D eigenvalue weighted by atomic mass is 9.93. The minimum absolute atomic E-state index is 0. The Hall–Kier alpha value is -2.05. The first-order chi connectivity index (χ1) is 14.4. The van der Waals surface area contributed by atoms with Gasteiger partial charge in [-0.15, -0.1) is 24.0 Å². The Bertz CT molecular complexity index is 809. The van der Waals surface area contributed by atoms with Crippen molar-refractivity contribution in [3.05, 3.63) is 42.6 Å². The quantitative estimate of drug-likeness (QED) is 0.247. The number of piperidine rings is 1. The minimum Gasteiger partial charge on any atom is -0.370 e. The van der Waals surface area contributed by atoms with Crippen LogP contribution < -0.4 is 10.6 Å². The van der Waals surface area contributed by atoms with Crippen LogP contribution in [0.15, 0.2) is 42.0 Å². The fourth-order valence-corrected chi connectivity index (χ4v) is 3.60. The van der Waals surface area contributed by atoms with E-state index in [1.54, 1.807) is 13.2 Å². The molecule has 2 atom stereocenters. The maximum absolute atomic E-state index is 12.6. The third-order valence-electron chi connectivity index (χ3n) is 5.37. The number of hydrogen-bond acceptors (Lipinski definition) is 4. The number of nitrogens with one attached hydrogen (secondary N) is 2. The highest BCUT2D eigenvalue weighted by Gasteiger charge is 2.31. The SMILES string of the molecule is CN=C(NCCCNc1ccc(C(F)(F)F)cn1)N1CCC(C)C(n2ccnc2)C1.I. The molecule has 0 bridgehead atoms. The van der Waals surface area contributed by atoms with E-state index < -0.39 is 11.7 Å². The standard InChI is InChI=1S/C20H28F3N7.HI/c1-15-6-10-29(13-17(15)30-11-9-25-14-30)19(24-2)27-8-3-7-26-18-5-4-16(12-28-18)20(21,22)23;/h4-5,9,11-12,14-15,17H,3,6-8,10,13H2,1-2H3,(H,24,27)(H,26,28);1H. The summed E-state index contributed by atoms with van der Waals surface area (Å²) in [5.74, 6) is 1.86. The van der Waals surface area contributed by atoms with Crippen LogP contribution in [0.2, 0.25) is 0 Å². The number of rotatable bonds is 6. The zero-order chi connectivity index (χ0) is 21.6. The molecule has 0 spiro atoms. The molecule has 172 valence electrons. The van der Waals surface area contributed by atoms with E-state index in [-0.39, 0.29) is 24.0 Å². The van der Waals surface area contributed by atoms with Gasteiger partial charge in [0.15, 0.2) is 5.96 Å². The summed E-state index contributed by atoms with van der Waals surface area (Å²) in [6, 6.07) is 2.73. The van der Waals surface area contributed by atoms with Crippen molar-refractivity contribution in [2.75, 3.05) is 38.5 Å². The van der Waals surface area contributed by atoms with E-state index in [9.17, 15) is 13.2 Å². The topological polar surface area (TPSA) is 70.4 Å². The second-order valence-electron chi connectivity index (χ2n) is 7.47. The van der Waals surface area contributed by atoms with Gasteiger partial charge in [-0.3, -0.25) is 4.99 Å². The number of imidazole rings is 1. The van der Waals surface area contributed by atoms with Gasteiger partial charge >= 0.3 is 6.18 Å². The molecule has 1 aliphatic heterocycles. The van der Waals surface area contributed by atoms with Crippen molar-refractivity contribution in [3.63, 3.8) is 0 Å². The fraction of sp³-hybridized carbons (Fsp3) is 0.550. The first-order valence-electron chi connectivity index (χ1n) is 10.1. The molecule has 2 aromatic rings. The van der Waals surface area contributed by atoms with Gasteiger partial charge in [0.2, 0.25) is 0 Å². The van der Waals surface area contributed by atoms with Gasteiger partial charge in [0.25, 0.3) is 0 Å². The van der Waals surface area contributed by atoms with Gasteiger partial charge < -0.3 is 20.1 Å². The normalized spacial score (nSPS) is 19.6. The van der Waals surface area contributed by atoms with E-state index in [1.807, 2.05) is 12.5 Å². The van der Waals surface area contributed by atoms with Crippen molar-refractivity contribution in [3.8, 4) is 0 Å². The zero-order valence-electron chi connectivity index (χ0n) is 17.6. The summed E-state index contributed by atoms with van der Waals surface area (Å²) in [7, 11) is 1.77. The van der Waals surface area contributed by atoms with Gasteiger partial charge in [0.1, 0.15) is 5.82 Å². The molecule has 1 fully saturated rings. The van der Waals surface area contributed by atoms with Crippen molar-refractivity contribution >= 4 is 35.8 Å². The molecule has 0 radical (unpaired) electrons. The van der Waals surface area contributed by atoms with Crippen LogP contribution in [0.4, 0.5) is 19.0 Å². The first kappa shape index (κ1) is 25.2. The first-order valence-corrected chi connectivity index (χ1v) is 10.1. The number of aromatic nitrogens is 3. The average Bonchev–Trinajstić information content (AvgIpc) is 3.26. The molecule has 3 heterocycles. The number of hydrogen-bond donors (Lipinski definition) is 2.